The van der Waals surface area contributed by atoms with Crippen molar-refractivity contribution >= 4 is 16.6 Å². The van der Waals surface area contributed by atoms with Crippen LogP contribution in [0.25, 0.3) is 22.0 Å². The summed E-state index contributed by atoms with van der Waals surface area (Å²) in [4.78, 5) is 13.4. The second-order valence-electron chi connectivity index (χ2n) is 7.29. The van der Waals surface area contributed by atoms with Crippen LogP contribution in [0.15, 0.2) is 36.8 Å². The summed E-state index contributed by atoms with van der Waals surface area (Å²) >= 11 is 0. The van der Waals surface area contributed by atoms with E-state index in [1.54, 1.807) is 0 Å². The highest BCUT2D eigenvalue weighted by Gasteiger charge is 2.21. The molecule has 2 aromatic heterocycles. The number of anilines is 1. The van der Waals surface area contributed by atoms with Gasteiger partial charge < -0.3 is 10.4 Å². The van der Waals surface area contributed by atoms with E-state index in [-0.39, 0.29) is 12.5 Å². The van der Waals surface area contributed by atoms with Crippen molar-refractivity contribution in [2.24, 2.45) is 5.92 Å². The third-order valence-electron chi connectivity index (χ3n) is 5.04. The zero-order valence-electron chi connectivity index (χ0n) is 15.2. The Morgan fingerprint density at radius 3 is 2.58 bits per heavy atom. The quantitative estimate of drug-likeness (QED) is 0.706. The van der Waals surface area contributed by atoms with Gasteiger partial charge in [-0.25, -0.2) is 9.97 Å². The second kappa shape index (κ2) is 7.00. The summed E-state index contributed by atoms with van der Waals surface area (Å²) in [6.45, 7) is 5.09. The van der Waals surface area contributed by atoms with Crippen LogP contribution in [-0.4, -0.2) is 33.2 Å². The standard InChI is InChI=1S/C21H24N4O/c1-13-8-22-19-6-5-16(7-18(19)20(13)23-9-15-3-4-15)17-10-24-21(25-11-17)14(2)12-26/h5-8,10-11,14-15,26H,3-4,9,12H2,1-2H3,(H,22,23). The largest absolute Gasteiger partial charge is 0.396 e. The Kier molecular flexibility index (Phi) is 4.55. The summed E-state index contributed by atoms with van der Waals surface area (Å²) in [5.74, 6) is 1.43. The van der Waals surface area contributed by atoms with E-state index in [9.17, 15) is 5.11 Å². The highest BCUT2D eigenvalue weighted by atomic mass is 16.3. The van der Waals surface area contributed by atoms with E-state index < -0.39 is 0 Å². The molecule has 2 N–H and O–H groups in total. The minimum atomic E-state index is -0.0503. The van der Waals surface area contributed by atoms with E-state index in [0.29, 0.717) is 5.82 Å². The molecule has 26 heavy (non-hydrogen) atoms. The molecular formula is C21H24N4O. The first-order valence-electron chi connectivity index (χ1n) is 9.22. The van der Waals surface area contributed by atoms with Gasteiger partial charge in [-0.1, -0.05) is 13.0 Å². The molecule has 5 nitrogen and oxygen atoms in total. The van der Waals surface area contributed by atoms with Crippen LogP contribution in [0.3, 0.4) is 0 Å². The molecule has 0 bridgehead atoms. The van der Waals surface area contributed by atoms with Gasteiger partial charge in [-0.15, -0.1) is 0 Å². The Labute approximate surface area is 153 Å². The molecule has 2 heterocycles. The van der Waals surface area contributed by atoms with Crippen LogP contribution in [0, 0.1) is 12.8 Å². The number of fused-ring (bicyclic) bond motifs is 1. The Morgan fingerprint density at radius 2 is 1.88 bits per heavy atom. The number of nitrogens with zero attached hydrogens (tertiary/aromatic N) is 3. The molecule has 1 atom stereocenters. The van der Waals surface area contributed by atoms with Crippen LogP contribution in [0.5, 0.6) is 0 Å². The number of nitrogens with one attached hydrogen (secondary N) is 1. The van der Waals surface area contributed by atoms with Crippen molar-refractivity contribution in [3.63, 3.8) is 0 Å². The summed E-state index contributed by atoms with van der Waals surface area (Å²) < 4.78 is 0. The third kappa shape index (κ3) is 3.40. The highest BCUT2D eigenvalue weighted by molar-refractivity contribution is 5.95. The van der Waals surface area contributed by atoms with Crippen molar-refractivity contribution in [1.29, 1.82) is 0 Å². The number of hydrogen-bond acceptors (Lipinski definition) is 5. The van der Waals surface area contributed by atoms with Crippen molar-refractivity contribution in [2.45, 2.75) is 32.6 Å². The SMILES string of the molecule is Cc1cnc2ccc(-c3cnc(C(C)CO)nc3)cc2c1NCC1CC1. The third-order valence-corrected chi connectivity index (χ3v) is 5.04. The molecule has 1 fully saturated rings. The molecule has 5 heteroatoms. The van der Waals surface area contributed by atoms with Gasteiger partial charge in [0.2, 0.25) is 0 Å². The van der Waals surface area contributed by atoms with Crippen molar-refractivity contribution in [3.8, 4) is 11.1 Å². The van der Waals surface area contributed by atoms with Crippen LogP contribution in [0.4, 0.5) is 5.69 Å². The fourth-order valence-corrected chi connectivity index (χ4v) is 3.10. The Hall–Kier alpha value is -2.53. The molecule has 1 aliphatic carbocycles. The maximum Gasteiger partial charge on any atom is 0.133 e. The normalized spacial score (nSPS) is 15.2. The van der Waals surface area contributed by atoms with E-state index in [2.05, 4.69) is 45.4 Å². The van der Waals surface area contributed by atoms with Crippen molar-refractivity contribution in [1.82, 2.24) is 15.0 Å². The number of aryl methyl sites for hydroxylation is 1. The molecular weight excluding hydrogens is 324 g/mol. The molecule has 1 saturated carbocycles. The molecule has 0 saturated heterocycles. The van der Waals surface area contributed by atoms with Gasteiger partial charge in [-0.2, -0.15) is 0 Å². The summed E-state index contributed by atoms with van der Waals surface area (Å²) in [6, 6.07) is 6.28. The van der Waals surface area contributed by atoms with Gasteiger partial charge >= 0.3 is 0 Å². The lowest BCUT2D eigenvalue weighted by Gasteiger charge is -2.13. The minimum absolute atomic E-state index is 0.0503. The molecule has 0 aliphatic heterocycles. The van der Waals surface area contributed by atoms with Crippen molar-refractivity contribution in [2.75, 3.05) is 18.5 Å². The number of aliphatic hydroxyl groups is 1. The molecule has 1 unspecified atom stereocenters. The molecule has 0 spiro atoms. The predicted molar refractivity (Wildman–Crippen MR) is 104 cm³/mol. The Balaban J connectivity index is 1.70. The van der Waals surface area contributed by atoms with E-state index in [0.717, 1.165) is 34.5 Å². The van der Waals surface area contributed by atoms with Crippen molar-refractivity contribution in [3.05, 3.63) is 48.2 Å². The highest BCUT2D eigenvalue weighted by Crippen LogP contribution is 2.33. The van der Waals surface area contributed by atoms with Gasteiger partial charge in [0.1, 0.15) is 5.82 Å². The fraction of sp³-hybridized carbons (Fsp3) is 0.381. The van der Waals surface area contributed by atoms with Crippen LogP contribution in [-0.2, 0) is 0 Å². The van der Waals surface area contributed by atoms with Gasteiger partial charge in [0, 0.05) is 47.7 Å². The number of hydrogen-bond donors (Lipinski definition) is 2. The smallest absolute Gasteiger partial charge is 0.133 e. The van der Waals surface area contributed by atoms with Gasteiger partial charge in [0.05, 0.1) is 12.1 Å². The molecule has 3 aromatic rings. The van der Waals surface area contributed by atoms with Gasteiger partial charge in [0.15, 0.2) is 0 Å². The molecule has 0 amide bonds. The first-order valence-corrected chi connectivity index (χ1v) is 9.22. The zero-order valence-corrected chi connectivity index (χ0v) is 15.2. The number of pyridine rings is 1. The lowest BCUT2D eigenvalue weighted by Crippen LogP contribution is -2.06. The molecule has 0 radical (unpaired) electrons. The lowest BCUT2D eigenvalue weighted by molar-refractivity contribution is 0.268. The van der Waals surface area contributed by atoms with E-state index in [1.165, 1.54) is 24.1 Å². The first kappa shape index (κ1) is 16.9. The van der Waals surface area contributed by atoms with Crippen LogP contribution in [0.2, 0.25) is 0 Å². The predicted octanol–water partition coefficient (Wildman–Crippen LogP) is 3.92. The molecule has 1 aliphatic rings. The minimum Gasteiger partial charge on any atom is -0.396 e. The molecule has 4 rings (SSSR count). The van der Waals surface area contributed by atoms with Gasteiger partial charge in [0.25, 0.3) is 0 Å². The Morgan fingerprint density at radius 1 is 1.12 bits per heavy atom. The summed E-state index contributed by atoms with van der Waals surface area (Å²) in [6.07, 6.45) is 8.25. The lowest BCUT2D eigenvalue weighted by atomic mass is 10.0. The summed E-state index contributed by atoms with van der Waals surface area (Å²) in [5, 5.41) is 14.0. The molecule has 134 valence electrons. The average Bonchev–Trinajstić information content (AvgIpc) is 3.51. The van der Waals surface area contributed by atoms with E-state index in [1.807, 2.05) is 25.5 Å². The van der Waals surface area contributed by atoms with Crippen LogP contribution >= 0.6 is 0 Å². The fourth-order valence-electron chi connectivity index (χ4n) is 3.10. The van der Waals surface area contributed by atoms with E-state index in [4.69, 9.17) is 0 Å². The number of benzene rings is 1. The van der Waals surface area contributed by atoms with Crippen molar-refractivity contribution < 1.29 is 5.11 Å². The average molecular weight is 348 g/mol. The Bertz CT molecular complexity index is 919. The van der Waals surface area contributed by atoms with Crippen LogP contribution in [0.1, 0.15) is 37.1 Å². The monoisotopic (exact) mass is 348 g/mol. The van der Waals surface area contributed by atoms with Gasteiger partial charge in [-0.3, -0.25) is 4.98 Å². The van der Waals surface area contributed by atoms with Gasteiger partial charge in [-0.05, 0) is 48.9 Å². The maximum absolute atomic E-state index is 9.25. The number of aromatic nitrogens is 3. The second-order valence-corrected chi connectivity index (χ2v) is 7.29. The number of rotatable bonds is 6. The first-order chi connectivity index (χ1) is 12.7. The zero-order chi connectivity index (χ0) is 18.1. The summed E-state index contributed by atoms with van der Waals surface area (Å²) in [7, 11) is 0. The summed E-state index contributed by atoms with van der Waals surface area (Å²) in [5.41, 5.74) is 5.37. The van der Waals surface area contributed by atoms with E-state index >= 15 is 0 Å². The number of aliphatic hydroxyl groups excluding tert-OH is 1. The topological polar surface area (TPSA) is 70.9 Å². The van der Waals surface area contributed by atoms with Crippen LogP contribution < -0.4 is 5.32 Å². The molecule has 1 aromatic carbocycles. The maximum atomic E-state index is 9.25.